The topological polar surface area (TPSA) is 23.5 Å². The quantitative estimate of drug-likeness (QED) is 0.710. The van der Waals surface area contributed by atoms with Crippen molar-refractivity contribution in [2.75, 3.05) is 14.1 Å². The number of nitrogens with zero attached hydrogens (tertiary/aromatic N) is 1. The highest BCUT2D eigenvalue weighted by molar-refractivity contribution is 6.30. The second-order valence-corrected chi connectivity index (χ2v) is 8.49. The van der Waals surface area contributed by atoms with Crippen LogP contribution in [0.4, 0.5) is 0 Å². The van der Waals surface area contributed by atoms with Gasteiger partial charge in [0, 0.05) is 17.5 Å². The number of likely N-dealkylation sites (N-methyl/N-ethyl adjacent to an activating group) is 1. The number of hydrogen-bond donors (Lipinski definition) is 1. The van der Waals surface area contributed by atoms with E-state index >= 15 is 0 Å². The molecule has 3 atom stereocenters. The number of benzene rings is 2. The van der Waals surface area contributed by atoms with Crippen LogP contribution in [-0.2, 0) is 6.42 Å². The highest BCUT2D eigenvalue weighted by Crippen LogP contribution is 2.41. The lowest BCUT2D eigenvalue weighted by Crippen LogP contribution is -2.53. The summed E-state index contributed by atoms with van der Waals surface area (Å²) in [6.45, 7) is 2.25. The van der Waals surface area contributed by atoms with Crippen molar-refractivity contribution in [1.82, 2.24) is 4.90 Å². The van der Waals surface area contributed by atoms with Gasteiger partial charge in [-0.2, -0.15) is 0 Å². The first kappa shape index (κ1) is 20.1. The molecule has 1 fully saturated rings. The van der Waals surface area contributed by atoms with Crippen LogP contribution in [0.25, 0.3) is 6.08 Å². The first-order chi connectivity index (χ1) is 12.9. The third kappa shape index (κ3) is 4.63. The van der Waals surface area contributed by atoms with Gasteiger partial charge in [-0.3, -0.25) is 0 Å². The average Bonchev–Trinajstić information content (AvgIpc) is 2.76. The molecule has 0 heterocycles. The Bertz CT molecular complexity index is 769. The zero-order chi connectivity index (χ0) is 19.4. The fourth-order valence-corrected chi connectivity index (χ4v) is 4.57. The lowest BCUT2D eigenvalue weighted by atomic mass is 9.75. The smallest absolute Gasteiger partial charge is 0.106 e. The van der Waals surface area contributed by atoms with Gasteiger partial charge in [0.2, 0.25) is 0 Å². The van der Waals surface area contributed by atoms with E-state index in [2.05, 4.69) is 56.3 Å². The van der Waals surface area contributed by atoms with Crippen LogP contribution < -0.4 is 0 Å². The van der Waals surface area contributed by atoms with Gasteiger partial charge in [-0.05, 0) is 61.7 Å². The second-order valence-electron chi connectivity index (χ2n) is 8.05. The largest absolute Gasteiger partial charge is 0.383 e. The van der Waals surface area contributed by atoms with Crippen LogP contribution in [0, 0.1) is 5.92 Å². The minimum atomic E-state index is -0.914. The summed E-state index contributed by atoms with van der Waals surface area (Å²) >= 11 is 6.07. The molecule has 3 rings (SSSR count). The standard InChI is InChI=1S/C24H30ClNO/c1-18-8-7-11-23(26(2)3)24(27,17-20-12-14-21(25)15-13-20)22(18)16-19-9-5-4-6-10-19/h4-6,9-10,12-16,18,23,27H,7-8,11,17H2,1-3H3. The SMILES string of the molecule is CC1CCCC(N(C)C)C(O)(Cc2ccc(Cl)cc2)C1=Cc1ccccc1. The van der Waals surface area contributed by atoms with Crippen molar-refractivity contribution in [1.29, 1.82) is 0 Å². The first-order valence-corrected chi connectivity index (χ1v) is 10.2. The van der Waals surface area contributed by atoms with Crippen molar-refractivity contribution >= 4 is 17.7 Å². The van der Waals surface area contributed by atoms with E-state index in [0.29, 0.717) is 12.3 Å². The highest BCUT2D eigenvalue weighted by Gasteiger charge is 2.44. The molecule has 0 spiro atoms. The minimum absolute atomic E-state index is 0.0769. The van der Waals surface area contributed by atoms with Gasteiger partial charge < -0.3 is 10.0 Å². The Kier molecular flexibility index (Phi) is 6.41. The highest BCUT2D eigenvalue weighted by atomic mass is 35.5. The maximum atomic E-state index is 12.2. The van der Waals surface area contributed by atoms with Gasteiger partial charge >= 0.3 is 0 Å². The Hall–Kier alpha value is -1.61. The summed E-state index contributed by atoms with van der Waals surface area (Å²) in [5, 5.41) is 12.9. The van der Waals surface area contributed by atoms with Gasteiger partial charge in [0.15, 0.2) is 0 Å². The van der Waals surface area contributed by atoms with Crippen LogP contribution in [0.5, 0.6) is 0 Å². The molecule has 0 aromatic heterocycles. The monoisotopic (exact) mass is 383 g/mol. The normalized spacial score (nSPS) is 27.7. The summed E-state index contributed by atoms with van der Waals surface area (Å²) in [5.41, 5.74) is 2.48. The molecule has 0 saturated heterocycles. The van der Waals surface area contributed by atoms with Crippen LogP contribution in [-0.4, -0.2) is 35.7 Å². The van der Waals surface area contributed by atoms with Crippen molar-refractivity contribution in [2.45, 2.75) is 44.2 Å². The molecule has 27 heavy (non-hydrogen) atoms. The average molecular weight is 384 g/mol. The zero-order valence-electron chi connectivity index (χ0n) is 16.5. The van der Waals surface area contributed by atoms with Crippen LogP contribution >= 0.6 is 11.6 Å². The predicted octanol–water partition coefficient (Wildman–Crippen LogP) is 5.45. The van der Waals surface area contributed by atoms with Gasteiger partial charge in [-0.25, -0.2) is 0 Å². The fourth-order valence-electron chi connectivity index (χ4n) is 4.45. The van der Waals surface area contributed by atoms with E-state index in [4.69, 9.17) is 11.6 Å². The van der Waals surface area contributed by atoms with Gasteiger partial charge in [0.25, 0.3) is 0 Å². The number of aliphatic hydroxyl groups is 1. The summed E-state index contributed by atoms with van der Waals surface area (Å²) in [4.78, 5) is 2.19. The van der Waals surface area contributed by atoms with E-state index < -0.39 is 5.60 Å². The molecule has 0 bridgehead atoms. The Morgan fingerprint density at radius 1 is 1.07 bits per heavy atom. The van der Waals surface area contributed by atoms with Crippen LogP contribution in [0.15, 0.2) is 60.2 Å². The van der Waals surface area contributed by atoms with Crippen molar-refractivity contribution in [3.8, 4) is 0 Å². The maximum absolute atomic E-state index is 12.2. The summed E-state index contributed by atoms with van der Waals surface area (Å²) in [6, 6.07) is 18.3. The van der Waals surface area contributed by atoms with Crippen LogP contribution in [0.1, 0.15) is 37.3 Å². The van der Waals surface area contributed by atoms with E-state index in [-0.39, 0.29) is 6.04 Å². The predicted molar refractivity (Wildman–Crippen MR) is 115 cm³/mol. The molecule has 3 heteroatoms. The van der Waals surface area contributed by atoms with Gasteiger partial charge in [0.05, 0.1) is 0 Å². The van der Waals surface area contributed by atoms with E-state index in [0.717, 1.165) is 41.0 Å². The number of hydrogen-bond acceptors (Lipinski definition) is 2. The van der Waals surface area contributed by atoms with E-state index in [9.17, 15) is 5.11 Å². The van der Waals surface area contributed by atoms with Crippen LogP contribution in [0.2, 0.25) is 5.02 Å². The molecule has 2 aromatic carbocycles. The second kappa shape index (κ2) is 8.60. The lowest BCUT2D eigenvalue weighted by Gasteiger charge is -2.42. The minimum Gasteiger partial charge on any atom is -0.383 e. The molecule has 3 unspecified atom stereocenters. The lowest BCUT2D eigenvalue weighted by molar-refractivity contribution is -0.00563. The molecule has 1 saturated carbocycles. The van der Waals surface area contributed by atoms with Gasteiger partial charge in [-0.1, -0.05) is 73.5 Å². The van der Waals surface area contributed by atoms with Crippen molar-refractivity contribution < 1.29 is 5.11 Å². The number of rotatable bonds is 4. The van der Waals surface area contributed by atoms with Gasteiger partial charge in [-0.15, -0.1) is 0 Å². The van der Waals surface area contributed by atoms with Crippen molar-refractivity contribution in [3.63, 3.8) is 0 Å². The summed E-state index contributed by atoms with van der Waals surface area (Å²) in [5.74, 6) is 0.340. The summed E-state index contributed by atoms with van der Waals surface area (Å²) in [6.07, 6.45) is 6.02. The van der Waals surface area contributed by atoms with Gasteiger partial charge in [0.1, 0.15) is 5.60 Å². The fraction of sp³-hybridized carbons (Fsp3) is 0.417. The van der Waals surface area contributed by atoms with E-state index in [1.54, 1.807) is 0 Å². The van der Waals surface area contributed by atoms with E-state index in [1.807, 2.05) is 30.3 Å². The molecule has 2 nitrogen and oxygen atoms in total. The maximum Gasteiger partial charge on any atom is 0.106 e. The summed E-state index contributed by atoms with van der Waals surface area (Å²) in [7, 11) is 4.15. The Balaban J connectivity index is 2.09. The molecule has 1 aliphatic carbocycles. The third-order valence-electron chi connectivity index (χ3n) is 5.83. The van der Waals surface area contributed by atoms with Crippen molar-refractivity contribution in [2.24, 2.45) is 5.92 Å². The molecular formula is C24H30ClNO. The van der Waals surface area contributed by atoms with E-state index in [1.165, 1.54) is 0 Å². The molecule has 1 N–H and O–H groups in total. The zero-order valence-corrected chi connectivity index (χ0v) is 17.3. The Labute approximate surface area is 168 Å². The third-order valence-corrected chi connectivity index (χ3v) is 6.08. The molecule has 2 aromatic rings. The van der Waals surface area contributed by atoms with Crippen LogP contribution in [0.3, 0.4) is 0 Å². The summed E-state index contributed by atoms with van der Waals surface area (Å²) < 4.78 is 0. The molecule has 1 aliphatic rings. The molecule has 0 radical (unpaired) electrons. The first-order valence-electron chi connectivity index (χ1n) is 9.80. The molecular weight excluding hydrogens is 354 g/mol. The molecule has 0 aliphatic heterocycles. The number of halogens is 1. The molecule has 144 valence electrons. The Morgan fingerprint density at radius 3 is 2.37 bits per heavy atom. The Morgan fingerprint density at radius 2 is 1.74 bits per heavy atom. The van der Waals surface area contributed by atoms with Crippen molar-refractivity contribution in [3.05, 3.63) is 76.3 Å². The molecule has 0 amide bonds.